The van der Waals surface area contributed by atoms with E-state index in [9.17, 15) is 13.2 Å². The van der Waals surface area contributed by atoms with Gasteiger partial charge in [-0.25, -0.2) is 12.7 Å². The Bertz CT molecular complexity index is 1610. The van der Waals surface area contributed by atoms with Crippen LogP contribution in [0.3, 0.4) is 0 Å². The van der Waals surface area contributed by atoms with E-state index in [4.69, 9.17) is 34.0 Å². The number of hydrogen-bond acceptors (Lipinski definition) is 4. The molecule has 0 unspecified atom stereocenters. The highest BCUT2D eigenvalue weighted by Crippen LogP contribution is 2.43. The van der Waals surface area contributed by atoms with Crippen molar-refractivity contribution in [3.63, 3.8) is 0 Å². The molecule has 7 nitrogen and oxygen atoms in total. The predicted molar refractivity (Wildman–Crippen MR) is 158 cm³/mol. The fourth-order valence-electron chi connectivity index (χ4n) is 5.89. The maximum atomic E-state index is 12.6. The number of nitrogens with zero attached hydrogens (tertiary/aromatic N) is 3. The Morgan fingerprint density at radius 1 is 0.875 bits per heavy atom. The molecule has 0 spiro atoms. The molecule has 6 rings (SSSR count). The molecule has 3 aromatic carbocycles. The minimum atomic E-state index is -3.70. The molecule has 0 atom stereocenters. The Labute approximate surface area is 243 Å². The van der Waals surface area contributed by atoms with Crippen LogP contribution >= 0.6 is 23.2 Å². The SMILES string of the molecule is NC(=O)CS(=O)(=O)N1CCC(c2c3cc(C(c4ccc(Cl)cc4)c4ccc(Cl)cc4)ccc3nn2C2CC2)CC1. The van der Waals surface area contributed by atoms with Crippen LogP contribution in [-0.4, -0.2) is 47.3 Å². The molecule has 0 bridgehead atoms. The van der Waals surface area contributed by atoms with E-state index in [1.165, 1.54) is 10.00 Å². The van der Waals surface area contributed by atoms with Crippen molar-refractivity contribution in [2.24, 2.45) is 5.73 Å². The van der Waals surface area contributed by atoms with Gasteiger partial charge in [-0.15, -0.1) is 0 Å². The van der Waals surface area contributed by atoms with Crippen LogP contribution in [0.15, 0.2) is 66.7 Å². The van der Waals surface area contributed by atoms with Gasteiger partial charge in [0.25, 0.3) is 0 Å². The summed E-state index contributed by atoms with van der Waals surface area (Å²) < 4.78 is 28.8. The first kappa shape index (κ1) is 27.3. The highest BCUT2D eigenvalue weighted by Gasteiger charge is 2.35. The second kappa shape index (κ2) is 10.8. The number of rotatable bonds is 8. The summed E-state index contributed by atoms with van der Waals surface area (Å²) in [6.45, 7) is 0.713. The number of carbonyl (C=O) groups excluding carboxylic acids is 1. The lowest BCUT2D eigenvalue weighted by Gasteiger charge is -2.31. The topological polar surface area (TPSA) is 98.3 Å². The predicted octanol–water partition coefficient (Wildman–Crippen LogP) is 5.85. The molecule has 4 aromatic rings. The van der Waals surface area contributed by atoms with Gasteiger partial charge in [-0.3, -0.25) is 9.48 Å². The number of halogens is 2. The van der Waals surface area contributed by atoms with E-state index in [1.807, 2.05) is 24.3 Å². The maximum Gasteiger partial charge on any atom is 0.234 e. The van der Waals surface area contributed by atoms with E-state index in [0.717, 1.165) is 40.4 Å². The van der Waals surface area contributed by atoms with Crippen LogP contribution in [0.2, 0.25) is 10.0 Å². The number of benzene rings is 3. The average Bonchev–Trinajstić information content (AvgIpc) is 3.70. The van der Waals surface area contributed by atoms with E-state index in [1.54, 1.807) is 0 Å². The quantitative estimate of drug-likeness (QED) is 0.258. The van der Waals surface area contributed by atoms with Gasteiger partial charge in [0.05, 0.1) is 11.6 Å². The van der Waals surface area contributed by atoms with Gasteiger partial charge in [0, 0.05) is 46.1 Å². The third-order valence-corrected chi connectivity index (χ3v) is 10.3. The zero-order valence-corrected chi connectivity index (χ0v) is 24.2. The first-order valence-electron chi connectivity index (χ1n) is 13.5. The minimum absolute atomic E-state index is 0.0307. The molecule has 10 heteroatoms. The highest BCUT2D eigenvalue weighted by atomic mass is 35.5. The van der Waals surface area contributed by atoms with Crippen LogP contribution in [0.5, 0.6) is 0 Å². The Morgan fingerprint density at radius 3 is 1.95 bits per heavy atom. The zero-order chi connectivity index (χ0) is 28.0. The molecule has 208 valence electrons. The highest BCUT2D eigenvalue weighted by molar-refractivity contribution is 7.89. The van der Waals surface area contributed by atoms with Crippen LogP contribution in [0.4, 0.5) is 0 Å². The summed E-state index contributed by atoms with van der Waals surface area (Å²) >= 11 is 12.4. The first-order chi connectivity index (χ1) is 19.2. The monoisotopic (exact) mass is 596 g/mol. The van der Waals surface area contributed by atoms with Crippen molar-refractivity contribution in [1.82, 2.24) is 14.1 Å². The Hall–Kier alpha value is -2.91. The number of fused-ring (bicyclic) bond motifs is 1. The normalized spacial score (nSPS) is 17.1. The lowest BCUT2D eigenvalue weighted by Crippen LogP contribution is -2.42. The smallest absolute Gasteiger partial charge is 0.234 e. The molecule has 40 heavy (non-hydrogen) atoms. The molecule has 2 N–H and O–H groups in total. The number of nitrogens with two attached hydrogens (primary N) is 1. The Morgan fingerprint density at radius 2 is 1.43 bits per heavy atom. The lowest BCUT2D eigenvalue weighted by molar-refractivity contribution is -0.115. The van der Waals surface area contributed by atoms with Gasteiger partial charge in [0.2, 0.25) is 15.9 Å². The first-order valence-corrected chi connectivity index (χ1v) is 15.9. The van der Waals surface area contributed by atoms with E-state index in [-0.39, 0.29) is 11.8 Å². The Kier molecular flexibility index (Phi) is 7.38. The average molecular weight is 598 g/mol. The van der Waals surface area contributed by atoms with E-state index in [0.29, 0.717) is 42.0 Å². The fourth-order valence-corrected chi connectivity index (χ4v) is 7.45. The van der Waals surface area contributed by atoms with Crippen LogP contribution in [0, 0.1) is 0 Å². The molecule has 2 heterocycles. The number of sulfonamides is 1. The minimum Gasteiger partial charge on any atom is -0.369 e. The van der Waals surface area contributed by atoms with Crippen LogP contribution in [0.25, 0.3) is 10.9 Å². The number of hydrogen-bond donors (Lipinski definition) is 1. The van der Waals surface area contributed by atoms with Gasteiger partial charge in [0.15, 0.2) is 0 Å². The van der Waals surface area contributed by atoms with Crippen molar-refractivity contribution < 1.29 is 13.2 Å². The molecule has 1 amide bonds. The van der Waals surface area contributed by atoms with Crippen molar-refractivity contribution in [2.75, 3.05) is 18.8 Å². The third kappa shape index (κ3) is 5.50. The molecule has 0 radical (unpaired) electrons. The molecule has 1 aliphatic heterocycles. The van der Waals surface area contributed by atoms with Gasteiger partial charge in [0.1, 0.15) is 5.75 Å². The third-order valence-electron chi connectivity index (χ3n) is 7.95. The number of carbonyl (C=O) groups is 1. The van der Waals surface area contributed by atoms with E-state index >= 15 is 0 Å². The molecule has 2 fully saturated rings. The van der Waals surface area contributed by atoms with Crippen LogP contribution in [-0.2, 0) is 14.8 Å². The van der Waals surface area contributed by atoms with Gasteiger partial charge in [-0.1, -0.05) is 53.5 Å². The summed E-state index contributed by atoms with van der Waals surface area (Å²) in [6.07, 6.45) is 3.51. The number of piperidine rings is 1. The fraction of sp³-hybridized carbons (Fsp3) is 0.333. The van der Waals surface area contributed by atoms with Crippen molar-refractivity contribution in [2.45, 2.75) is 43.6 Å². The lowest BCUT2D eigenvalue weighted by atomic mass is 9.84. The molecule has 1 aromatic heterocycles. The van der Waals surface area contributed by atoms with Crippen molar-refractivity contribution >= 4 is 50.0 Å². The summed E-state index contributed by atoms with van der Waals surface area (Å²) in [5.41, 5.74) is 10.7. The van der Waals surface area contributed by atoms with Gasteiger partial charge in [-0.2, -0.15) is 5.10 Å². The maximum absolute atomic E-state index is 12.6. The summed E-state index contributed by atoms with van der Waals surface area (Å²) in [7, 11) is -3.70. The van der Waals surface area contributed by atoms with E-state index in [2.05, 4.69) is 47.1 Å². The van der Waals surface area contributed by atoms with Crippen LogP contribution < -0.4 is 5.73 Å². The second-order valence-electron chi connectivity index (χ2n) is 10.8. The summed E-state index contributed by atoms with van der Waals surface area (Å²) in [5.74, 6) is -1.36. The molecular weight excluding hydrogens is 567 g/mol. The molecular formula is C30H30Cl2N4O3S. The van der Waals surface area contributed by atoms with Crippen molar-refractivity contribution in [1.29, 1.82) is 0 Å². The number of amides is 1. The van der Waals surface area contributed by atoms with Gasteiger partial charge < -0.3 is 5.73 Å². The largest absolute Gasteiger partial charge is 0.369 e. The Balaban J connectivity index is 1.40. The van der Waals surface area contributed by atoms with Gasteiger partial charge in [-0.05, 0) is 78.8 Å². The zero-order valence-electron chi connectivity index (χ0n) is 21.8. The van der Waals surface area contributed by atoms with E-state index < -0.39 is 21.7 Å². The van der Waals surface area contributed by atoms with Crippen LogP contribution in [0.1, 0.15) is 65.9 Å². The second-order valence-corrected chi connectivity index (χ2v) is 13.6. The molecule has 1 saturated carbocycles. The summed E-state index contributed by atoms with van der Waals surface area (Å²) in [6, 6.07) is 22.7. The molecule has 2 aliphatic rings. The van der Waals surface area contributed by atoms with Crippen molar-refractivity contribution in [3.8, 4) is 0 Å². The molecule has 1 saturated heterocycles. The standard InChI is InChI=1S/C30H30Cl2N4O3S/c31-23-6-1-19(2-7-23)29(20-3-8-24(32)9-4-20)22-5-12-27-26(17-22)30(36(34-27)25-10-11-25)21-13-15-35(16-14-21)40(38,39)18-28(33)37/h1-9,12,17,21,25,29H,10-11,13-16,18H2,(H2,33,37). The summed E-state index contributed by atoms with van der Waals surface area (Å²) in [5, 5.41) is 7.49. The number of aromatic nitrogens is 2. The molecule has 1 aliphatic carbocycles. The number of primary amides is 1. The van der Waals surface area contributed by atoms with Crippen molar-refractivity contribution in [3.05, 3.63) is 99.2 Å². The van der Waals surface area contributed by atoms with Gasteiger partial charge >= 0.3 is 0 Å². The summed E-state index contributed by atoms with van der Waals surface area (Å²) in [4.78, 5) is 11.3.